The monoisotopic (exact) mass is 339 g/mol. The van der Waals surface area contributed by atoms with Crippen LogP contribution < -0.4 is 16.8 Å². The third-order valence-corrected chi connectivity index (χ3v) is 4.11. The molecule has 0 radical (unpaired) electrons. The maximum absolute atomic E-state index is 12.5. The first-order valence-electron chi connectivity index (χ1n) is 8.16. The molecule has 7 nitrogen and oxygen atoms in total. The molecule has 1 amide bonds. The van der Waals surface area contributed by atoms with Crippen LogP contribution in [0.15, 0.2) is 45.0 Å². The molecule has 1 heterocycles. The van der Waals surface area contributed by atoms with E-state index in [-0.39, 0.29) is 11.9 Å². The van der Waals surface area contributed by atoms with E-state index in [2.05, 4.69) is 15.5 Å². The molecule has 1 aliphatic rings. The second-order valence-corrected chi connectivity index (χ2v) is 5.95. The maximum atomic E-state index is 12.5. The number of fused-ring (bicyclic) bond motifs is 1. The highest BCUT2D eigenvalue weighted by molar-refractivity contribution is 6.06. The van der Waals surface area contributed by atoms with Gasteiger partial charge in [-0.2, -0.15) is 5.10 Å². The van der Waals surface area contributed by atoms with Crippen molar-refractivity contribution in [2.24, 2.45) is 21.7 Å². The molecule has 2 aromatic rings. The summed E-state index contributed by atoms with van der Waals surface area (Å²) < 4.78 is 5.82. The first-order chi connectivity index (χ1) is 12.1. The molecule has 0 spiro atoms. The van der Waals surface area contributed by atoms with E-state index in [0.717, 1.165) is 47.4 Å². The molecule has 0 saturated carbocycles. The number of hydrogen-bond acceptors (Lipinski definition) is 4. The number of aryl methyl sites for hydroxylation is 1. The van der Waals surface area contributed by atoms with E-state index in [4.69, 9.17) is 15.9 Å². The summed E-state index contributed by atoms with van der Waals surface area (Å²) in [4.78, 5) is 12.5. The molecule has 1 aliphatic carbocycles. The fourth-order valence-electron chi connectivity index (χ4n) is 2.96. The van der Waals surface area contributed by atoms with Gasteiger partial charge in [-0.25, -0.2) is 0 Å². The molecule has 3 rings (SSSR count). The van der Waals surface area contributed by atoms with Crippen molar-refractivity contribution < 1.29 is 9.21 Å². The van der Waals surface area contributed by atoms with Crippen LogP contribution in [-0.2, 0) is 13.0 Å². The van der Waals surface area contributed by atoms with Crippen LogP contribution in [0.2, 0.25) is 0 Å². The summed E-state index contributed by atoms with van der Waals surface area (Å²) in [7, 11) is 0. The first kappa shape index (κ1) is 16.8. The van der Waals surface area contributed by atoms with E-state index >= 15 is 0 Å². The Morgan fingerprint density at radius 1 is 1.24 bits per heavy atom. The van der Waals surface area contributed by atoms with Crippen molar-refractivity contribution in [3.63, 3.8) is 0 Å². The summed E-state index contributed by atoms with van der Waals surface area (Å²) >= 11 is 0. The van der Waals surface area contributed by atoms with Crippen molar-refractivity contribution in [2.75, 3.05) is 0 Å². The molecule has 0 aliphatic heterocycles. The molecule has 0 unspecified atom stereocenters. The zero-order valence-corrected chi connectivity index (χ0v) is 14.1. The number of nitrogens with two attached hydrogens (primary N) is 2. The number of nitrogens with one attached hydrogen (secondary N) is 1. The van der Waals surface area contributed by atoms with Gasteiger partial charge in [0, 0.05) is 24.1 Å². The summed E-state index contributed by atoms with van der Waals surface area (Å²) in [5.74, 6) is 0.747. The van der Waals surface area contributed by atoms with Crippen LogP contribution in [0.25, 0.3) is 0 Å². The van der Waals surface area contributed by atoms with Crippen LogP contribution in [0, 0.1) is 6.92 Å². The number of guanidine groups is 1. The fraction of sp³-hybridized carbons (Fsp3) is 0.278. The van der Waals surface area contributed by atoms with E-state index in [9.17, 15) is 4.79 Å². The lowest BCUT2D eigenvalue weighted by Crippen LogP contribution is -2.23. The van der Waals surface area contributed by atoms with E-state index in [1.165, 1.54) is 0 Å². The minimum atomic E-state index is -0.239. The van der Waals surface area contributed by atoms with Crippen LogP contribution in [0.4, 0.5) is 0 Å². The van der Waals surface area contributed by atoms with Crippen molar-refractivity contribution in [3.05, 3.63) is 58.5 Å². The van der Waals surface area contributed by atoms with Gasteiger partial charge in [-0.05, 0) is 25.3 Å². The number of nitrogens with zero attached hydrogens (tertiary/aromatic N) is 2. The zero-order valence-electron chi connectivity index (χ0n) is 14.1. The molecule has 0 saturated heterocycles. The molecule has 0 atom stereocenters. The maximum Gasteiger partial charge on any atom is 0.287 e. The predicted molar refractivity (Wildman–Crippen MR) is 96.3 cm³/mol. The number of hydrogen-bond donors (Lipinski definition) is 3. The van der Waals surface area contributed by atoms with Gasteiger partial charge in [0.2, 0.25) is 5.96 Å². The minimum Gasteiger partial charge on any atom is -0.455 e. The van der Waals surface area contributed by atoms with Gasteiger partial charge in [0.25, 0.3) is 5.91 Å². The molecular formula is C18H21N5O2. The van der Waals surface area contributed by atoms with Gasteiger partial charge in [-0.15, -0.1) is 5.10 Å². The second-order valence-electron chi connectivity index (χ2n) is 5.95. The highest BCUT2D eigenvalue weighted by Crippen LogP contribution is 2.30. The smallest absolute Gasteiger partial charge is 0.287 e. The summed E-state index contributed by atoms with van der Waals surface area (Å²) in [6.07, 6.45) is 2.39. The van der Waals surface area contributed by atoms with Gasteiger partial charge in [-0.3, -0.25) is 4.79 Å². The Morgan fingerprint density at radius 3 is 2.72 bits per heavy atom. The Labute approximate surface area is 145 Å². The highest BCUT2D eigenvalue weighted by atomic mass is 16.4. The molecule has 0 bridgehead atoms. The zero-order chi connectivity index (χ0) is 17.8. The van der Waals surface area contributed by atoms with Crippen LogP contribution in [0.3, 0.4) is 0 Å². The van der Waals surface area contributed by atoms with Gasteiger partial charge >= 0.3 is 0 Å². The fourth-order valence-corrected chi connectivity index (χ4v) is 2.96. The van der Waals surface area contributed by atoms with Gasteiger partial charge in [0.15, 0.2) is 5.76 Å². The van der Waals surface area contributed by atoms with Crippen LogP contribution in [-0.4, -0.2) is 17.6 Å². The minimum absolute atomic E-state index is 0.0957. The summed E-state index contributed by atoms with van der Waals surface area (Å²) in [5, 5.41) is 10.7. The van der Waals surface area contributed by atoms with Crippen molar-refractivity contribution in [1.29, 1.82) is 0 Å². The summed E-state index contributed by atoms with van der Waals surface area (Å²) in [5.41, 5.74) is 14.1. The molecule has 1 aromatic heterocycles. The Balaban J connectivity index is 1.83. The van der Waals surface area contributed by atoms with Crippen molar-refractivity contribution in [1.82, 2.24) is 5.32 Å². The standard InChI is InChI=1S/C18H21N5O2/c1-11-15-13(22-23-18(19)20)8-5-9-14(15)25-16(11)17(24)21-10-12-6-3-2-4-7-12/h2-4,6-7H,5,8-10H2,1H3,(H,21,24)(H4,19,20,23)/b22-13+. The van der Waals surface area contributed by atoms with E-state index in [0.29, 0.717) is 12.3 Å². The van der Waals surface area contributed by atoms with Crippen molar-refractivity contribution in [2.45, 2.75) is 32.7 Å². The number of carbonyl (C=O) groups is 1. The second kappa shape index (κ2) is 7.21. The lowest BCUT2D eigenvalue weighted by molar-refractivity contribution is 0.0920. The SMILES string of the molecule is Cc1c(C(=O)NCc2ccccc2)oc2c1/C(=N/N=C(N)N)CCC2. The number of rotatable bonds is 4. The average Bonchev–Trinajstić information content (AvgIpc) is 2.96. The molecule has 0 fully saturated rings. The topological polar surface area (TPSA) is 119 Å². The third kappa shape index (κ3) is 3.71. The Bertz CT molecular complexity index is 833. The largest absolute Gasteiger partial charge is 0.455 e. The average molecular weight is 339 g/mol. The Kier molecular flexibility index (Phi) is 4.83. The number of carbonyl (C=O) groups excluding carboxylic acids is 1. The van der Waals surface area contributed by atoms with Gasteiger partial charge in [0.1, 0.15) is 5.76 Å². The molecule has 25 heavy (non-hydrogen) atoms. The molecular weight excluding hydrogens is 318 g/mol. The van der Waals surface area contributed by atoms with E-state index in [1.54, 1.807) is 0 Å². The normalized spacial score (nSPS) is 14.8. The summed E-state index contributed by atoms with van der Waals surface area (Å²) in [6, 6.07) is 9.73. The summed E-state index contributed by atoms with van der Waals surface area (Å²) in [6.45, 7) is 2.30. The molecule has 130 valence electrons. The Hall–Kier alpha value is -3.09. The Morgan fingerprint density at radius 2 is 2.00 bits per heavy atom. The molecule has 5 N–H and O–H groups in total. The lowest BCUT2D eigenvalue weighted by atomic mass is 9.93. The van der Waals surface area contributed by atoms with E-state index in [1.807, 2.05) is 37.3 Å². The van der Waals surface area contributed by atoms with Gasteiger partial charge in [0.05, 0.1) is 5.71 Å². The van der Waals surface area contributed by atoms with Crippen molar-refractivity contribution >= 4 is 17.6 Å². The number of furan rings is 1. The van der Waals surface area contributed by atoms with E-state index < -0.39 is 0 Å². The van der Waals surface area contributed by atoms with Gasteiger partial charge < -0.3 is 21.2 Å². The molecule has 1 aromatic carbocycles. The first-order valence-corrected chi connectivity index (χ1v) is 8.16. The highest BCUT2D eigenvalue weighted by Gasteiger charge is 2.27. The quantitative estimate of drug-likeness (QED) is 0.447. The number of amides is 1. The number of benzene rings is 1. The van der Waals surface area contributed by atoms with Crippen LogP contribution in [0.5, 0.6) is 0 Å². The van der Waals surface area contributed by atoms with Gasteiger partial charge in [-0.1, -0.05) is 30.3 Å². The van der Waals surface area contributed by atoms with Crippen LogP contribution in [0.1, 0.15) is 45.8 Å². The molecule has 7 heteroatoms. The van der Waals surface area contributed by atoms with Crippen LogP contribution >= 0.6 is 0 Å². The predicted octanol–water partition coefficient (Wildman–Crippen LogP) is 1.83. The lowest BCUT2D eigenvalue weighted by Gasteiger charge is -2.11. The third-order valence-electron chi connectivity index (χ3n) is 4.11. The van der Waals surface area contributed by atoms with Crippen molar-refractivity contribution in [3.8, 4) is 0 Å².